The Hall–Kier alpha value is -0.120. The fourth-order valence-electron chi connectivity index (χ4n) is 3.65. The first-order valence-electron chi connectivity index (χ1n) is 8.35. The first-order chi connectivity index (χ1) is 9.22. The zero-order valence-corrected chi connectivity index (χ0v) is 12.6. The third-order valence-electron chi connectivity index (χ3n) is 5.54. The van der Waals surface area contributed by atoms with Gasteiger partial charge in [0.25, 0.3) is 0 Å². The largest absolute Gasteiger partial charge is 0.329 e. The summed E-state index contributed by atoms with van der Waals surface area (Å²) >= 11 is 0. The Labute approximate surface area is 118 Å². The zero-order valence-electron chi connectivity index (χ0n) is 12.6. The summed E-state index contributed by atoms with van der Waals surface area (Å²) in [5, 5.41) is 0. The maximum atomic E-state index is 6.29. The molecule has 0 amide bonds. The lowest BCUT2D eigenvalue weighted by Crippen LogP contribution is -2.55. The van der Waals surface area contributed by atoms with Crippen molar-refractivity contribution in [2.75, 3.05) is 39.8 Å². The highest BCUT2D eigenvalue weighted by Gasteiger charge is 2.41. The van der Waals surface area contributed by atoms with Crippen LogP contribution in [0.2, 0.25) is 0 Å². The van der Waals surface area contributed by atoms with Gasteiger partial charge in [-0.05, 0) is 76.9 Å². The Morgan fingerprint density at radius 2 is 1.68 bits per heavy atom. The van der Waals surface area contributed by atoms with Crippen LogP contribution in [0.5, 0.6) is 0 Å². The summed E-state index contributed by atoms with van der Waals surface area (Å²) in [5.41, 5.74) is 6.60. The average molecular weight is 265 g/mol. The van der Waals surface area contributed by atoms with E-state index in [1.807, 2.05) is 0 Å². The van der Waals surface area contributed by atoms with E-state index in [4.69, 9.17) is 5.73 Å². The topological polar surface area (TPSA) is 32.5 Å². The molecule has 110 valence electrons. The molecule has 2 saturated carbocycles. The van der Waals surface area contributed by atoms with Gasteiger partial charge in [-0.15, -0.1) is 0 Å². The fraction of sp³-hybridized carbons (Fsp3) is 1.00. The van der Waals surface area contributed by atoms with Crippen LogP contribution in [0.4, 0.5) is 0 Å². The van der Waals surface area contributed by atoms with Gasteiger partial charge in [-0.1, -0.05) is 0 Å². The standard InChI is InChI=1S/C16H31N3/c1-18-9-2-7-16(13-17,8-10-18)19(11-14-3-4-14)12-15-5-6-15/h14-15H,2-13,17H2,1H3. The number of hydrogen-bond acceptors (Lipinski definition) is 3. The minimum atomic E-state index is 0.315. The molecule has 1 heterocycles. The highest BCUT2D eigenvalue weighted by atomic mass is 15.2. The summed E-state index contributed by atoms with van der Waals surface area (Å²) in [6.07, 6.45) is 9.75. The maximum Gasteiger partial charge on any atom is 0.0344 e. The van der Waals surface area contributed by atoms with Crippen molar-refractivity contribution in [2.45, 2.75) is 50.5 Å². The molecule has 0 radical (unpaired) electrons. The number of likely N-dealkylation sites (tertiary alicyclic amines) is 1. The second kappa shape index (κ2) is 5.71. The molecule has 3 heteroatoms. The van der Waals surface area contributed by atoms with Crippen molar-refractivity contribution in [3.8, 4) is 0 Å². The van der Waals surface area contributed by atoms with Crippen molar-refractivity contribution in [3.05, 3.63) is 0 Å². The second-order valence-corrected chi connectivity index (χ2v) is 7.38. The first-order valence-corrected chi connectivity index (χ1v) is 8.35. The molecule has 2 N–H and O–H groups in total. The van der Waals surface area contributed by atoms with Crippen molar-refractivity contribution in [3.63, 3.8) is 0 Å². The summed E-state index contributed by atoms with van der Waals surface area (Å²) in [6.45, 7) is 6.00. The molecule has 1 unspecified atom stereocenters. The van der Waals surface area contributed by atoms with Gasteiger partial charge in [0.1, 0.15) is 0 Å². The normalized spacial score (nSPS) is 33.6. The number of nitrogens with zero attached hydrogens (tertiary/aromatic N) is 2. The van der Waals surface area contributed by atoms with Gasteiger partial charge in [0.05, 0.1) is 0 Å². The highest BCUT2D eigenvalue weighted by molar-refractivity contribution is 4.98. The molecule has 3 fully saturated rings. The lowest BCUT2D eigenvalue weighted by Gasteiger charge is -2.43. The SMILES string of the molecule is CN1CCCC(CN)(N(CC2CC2)CC2CC2)CC1. The molecule has 0 spiro atoms. The van der Waals surface area contributed by atoms with Gasteiger partial charge in [-0.3, -0.25) is 4.90 Å². The first kappa shape index (κ1) is 13.8. The lowest BCUT2D eigenvalue weighted by molar-refractivity contribution is 0.0683. The van der Waals surface area contributed by atoms with Gasteiger partial charge >= 0.3 is 0 Å². The highest BCUT2D eigenvalue weighted by Crippen LogP contribution is 2.39. The second-order valence-electron chi connectivity index (χ2n) is 7.38. The Morgan fingerprint density at radius 1 is 1.05 bits per heavy atom. The van der Waals surface area contributed by atoms with Crippen LogP contribution in [0.3, 0.4) is 0 Å². The maximum absolute atomic E-state index is 6.29. The van der Waals surface area contributed by atoms with E-state index in [0.29, 0.717) is 5.54 Å². The Morgan fingerprint density at radius 3 is 2.21 bits per heavy atom. The van der Waals surface area contributed by atoms with E-state index in [1.54, 1.807) is 0 Å². The van der Waals surface area contributed by atoms with Gasteiger partial charge in [0.2, 0.25) is 0 Å². The number of rotatable bonds is 6. The van der Waals surface area contributed by atoms with Crippen LogP contribution >= 0.6 is 0 Å². The molecule has 0 aromatic heterocycles. The zero-order chi connectivity index (χ0) is 13.3. The number of hydrogen-bond donors (Lipinski definition) is 1. The van der Waals surface area contributed by atoms with E-state index in [2.05, 4.69) is 16.8 Å². The van der Waals surface area contributed by atoms with E-state index in [1.165, 1.54) is 71.1 Å². The Bertz CT molecular complexity index is 284. The summed E-state index contributed by atoms with van der Waals surface area (Å²) in [4.78, 5) is 5.32. The summed E-state index contributed by atoms with van der Waals surface area (Å²) in [6, 6.07) is 0. The van der Waals surface area contributed by atoms with Crippen molar-refractivity contribution in [1.29, 1.82) is 0 Å². The molecule has 3 rings (SSSR count). The van der Waals surface area contributed by atoms with Crippen LogP contribution in [0.25, 0.3) is 0 Å². The lowest BCUT2D eigenvalue weighted by atomic mass is 9.87. The van der Waals surface area contributed by atoms with E-state index in [9.17, 15) is 0 Å². The smallest absolute Gasteiger partial charge is 0.0344 e. The molecule has 19 heavy (non-hydrogen) atoms. The molecule has 1 atom stereocenters. The summed E-state index contributed by atoms with van der Waals surface area (Å²) in [5.74, 6) is 1.98. The number of nitrogens with two attached hydrogens (primary N) is 1. The predicted octanol–water partition coefficient (Wildman–Crippen LogP) is 1.92. The molecule has 3 nitrogen and oxygen atoms in total. The summed E-state index contributed by atoms with van der Waals surface area (Å²) in [7, 11) is 2.26. The van der Waals surface area contributed by atoms with E-state index in [0.717, 1.165) is 18.4 Å². The molecule has 0 bridgehead atoms. The van der Waals surface area contributed by atoms with Gasteiger partial charge in [-0.2, -0.15) is 0 Å². The molecule has 0 aromatic rings. The average Bonchev–Trinajstić information content (AvgIpc) is 3.26. The van der Waals surface area contributed by atoms with E-state index in [-0.39, 0.29) is 0 Å². The van der Waals surface area contributed by atoms with Gasteiger partial charge in [-0.25, -0.2) is 0 Å². The van der Waals surface area contributed by atoms with Crippen LogP contribution in [-0.4, -0.2) is 55.1 Å². The molecular weight excluding hydrogens is 234 g/mol. The van der Waals surface area contributed by atoms with Crippen LogP contribution < -0.4 is 5.73 Å². The summed E-state index contributed by atoms with van der Waals surface area (Å²) < 4.78 is 0. The van der Waals surface area contributed by atoms with Crippen molar-refractivity contribution in [2.24, 2.45) is 17.6 Å². The molecule has 2 aliphatic carbocycles. The monoisotopic (exact) mass is 265 g/mol. The predicted molar refractivity (Wildman–Crippen MR) is 80.2 cm³/mol. The van der Waals surface area contributed by atoms with Crippen molar-refractivity contribution >= 4 is 0 Å². The van der Waals surface area contributed by atoms with Crippen LogP contribution in [0.1, 0.15) is 44.9 Å². The van der Waals surface area contributed by atoms with E-state index >= 15 is 0 Å². The molecule has 0 aromatic carbocycles. The molecule has 3 aliphatic rings. The van der Waals surface area contributed by atoms with Gasteiger partial charge < -0.3 is 10.6 Å². The Kier molecular flexibility index (Phi) is 4.16. The van der Waals surface area contributed by atoms with Gasteiger partial charge in [0.15, 0.2) is 0 Å². The third kappa shape index (κ3) is 3.50. The molecular formula is C16H31N3. The molecule has 1 aliphatic heterocycles. The fourth-order valence-corrected chi connectivity index (χ4v) is 3.65. The quantitative estimate of drug-likeness (QED) is 0.796. The van der Waals surface area contributed by atoms with Crippen molar-refractivity contribution in [1.82, 2.24) is 9.80 Å². The van der Waals surface area contributed by atoms with Crippen LogP contribution in [-0.2, 0) is 0 Å². The minimum absolute atomic E-state index is 0.315. The van der Waals surface area contributed by atoms with Gasteiger partial charge in [0, 0.05) is 25.2 Å². The van der Waals surface area contributed by atoms with Crippen LogP contribution in [0.15, 0.2) is 0 Å². The van der Waals surface area contributed by atoms with E-state index < -0.39 is 0 Å². The third-order valence-corrected chi connectivity index (χ3v) is 5.54. The Balaban J connectivity index is 1.70. The molecule has 1 saturated heterocycles. The minimum Gasteiger partial charge on any atom is -0.329 e. The van der Waals surface area contributed by atoms with Crippen LogP contribution in [0, 0.1) is 11.8 Å². The van der Waals surface area contributed by atoms with Crippen molar-refractivity contribution < 1.29 is 0 Å².